The molecule has 10 nitrogen and oxygen atoms in total. The Balaban J connectivity index is 1.90. The van der Waals surface area contributed by atoms with Gasteiger partial charge in [0, 0.05) is 18.1 Å². The normalized spacial score (nSPS) is 13.9. The van der Waals surface area contributed by atoms with Crippen molar-refractivity contribution in [2.24, 2.45) is 0 Å². The highest BCUT2D eigenvalue weighted by Crippen LogP contribution is 2.46. The van der Waals surface area contributed by atoms with Crippen molar-refractivity contribution in [3.63, 3.8) is 0 Å². The summed E-state index contributed by atoms with van der Waals surface area (Å²) in [6, 6.07) is 1.86. The Morgan fingerprint density at radius 2 is 1.80 bits per heavy atom. The Morgan fingerprint density at radius 1 is 1.27 bits per heavy atom. The van der Waals surface area contributed by atoms with Crippen molar-refractivity contribution >= 4 is 34.6 Å². The summed E-state index contributed by atoms with van der Waals surface area (Å²) in [5.41, 5.74) is -2.83. The van der Waals surface area contributed by atoms with Crippen LogP contribution in [0.1, 0.15) is 35.7 Å². The van der Waals surface area contributed by atoms with Gasteiger partial charge in [0.2, 0.25) is 5.91 Å². The number of nitro benzene ring substituents is 2. The number of rotatable bonds is 6. The first-order valence-electron chi connectivity index (χ1n) is 8.46. The summed E-state index contributed by atoms with van der Waals surface area (Å²) in [5.74, 6) is -1.13. The van der Waals surface area contributed by atoms with Crippen LogP contribution in [0.3, 0.4) is 0 Å². The van der Waals surface area contributed by atoms with Crippen molar-refractivity contribution in [1.29, 1.82) is 0 Å². The number of nitrogens with one attached hydrogen (secondary N) is 1. The Kier molecular flexibility index (Phi) is 5.41. The first-order valence-corrected chi connectivity index (χ1v) is 8.84. The van der Waals surface area contributed by atoms with Crippen molar-refractivity contribution < 1.29 is 27.8 Å². The van der Waals surface area contributed by atoms with Crippen LogP contribution in [-0.2, 0) is 17.5 Å². The second-order valence-electron chi connectivity index (χ2n) is 6.68. The van der Waals surface area contributed by atoms with Gasteiger partial charge in [-0.1, -0.05) is 11.6 Å². The fourth-order valence-corrected chi connectivity index (χ4v) is 3.37. The number of carbonyl (C=O) groups is 1. The number of alkyl halides is 3. The van der Waals surface area contributed by atoms with Gasteiger partial charge in [0.05, 0.1) is 26.3 Å². The molecule has 1 aliphatic rings. The van der Waals surface area contributed by atoms with Gasteiger partial charge in [-0.15, -0.1) is 0 Å². The van der Waals surface area contributed by atoms with Gasteiger partial charge in [0.1, 0.15) is 12.1 Å². The van der Waals surface area contributed by atoms with Crippen LogP contribution in [0.15, 0.2) is 12.1 Å². The third-order valence-electron chi connectivity index (χ3n) is 4.49. The lowest BCUT2D eigenvalue weighted by Crippen LogP contribution is -2.21. The number of amides is 1. The molecule has 0 unspecified atom stereocenters. The molecule has 0 saturated heterocycles. The number of aromatic nitrogens is 2. The Labute approximate surface area is 170 Å². The van der Waals surface area contributed by atoms with Crippen LogP contribution in [0.2, 0.25) is 5.02 Å². The molecule has 0 aliphatic heterocycles. The molecule has 1 aromatic heterocycles. The third-order valence-corrected chi connectivity index (χ3v) is 4.86. The summed E-state index contributed by atoms with van der Waals surface area (Å²) in [5, 5.41) is 27.3. The fourth-order valence-electron chi connectivity index (χ4n) is 2.97. The number of anilines is 1. The average Bonchev–Trinajstić information content (AvgIpc) is 3.38. The van der Waals surface area contributed by atoms with E-state index in [1.165, 1.54) is 6.92 Å². The van der Waals surface area contributed by atoms with Crippen LogP contribution in [0.5, 0.6) is 0 Å². The molecule has 14 heteroatoms. The molecule has 30 heavy (non-hydrogen) atoms. The van der Waals surface area contributed by atoms with E-state index in [0.717, 1.165) is 16.8 Å². The van der Waals surface area contributed by atoms with E-state index in [9.17, 15) is 38.2 Å². The number of hydrogen-bond acceptors (Lipinski definition) is 6. The molecule has 1 aromatic carbocycles. The smallest absolute Gasteiger partial charge is 0.324 e. The quantitative estimate of drug-likeness (QED) is 0.521. The lowest BCUT2D eigenvalue weighted by Gasteiger charge is -2.09. The molecule has 0 spiro atoms. The van der Waals surface area contributed by atoms with E-state index in [1.807, 2.05) is 0 Å². The maximum absolute atomic E-state index is 13.1. The summed E-state index contributed by atoms with van der Waals surface area (Å²) >= 11 is 5.84. The van der Waals surface area contributed by atoms with E-state index in [-0.39, 0.29) is 22.9 Å². The minimum atomic E-state index is -4.80. The molecule has 2 aromatic rings. The van der Waals surface area contributed by atoms with Crippen LogP contribution in [-0.4, -0.2) is 25.5 Å². The predicted octanol–water partition coefficient (Wildman–Crippen LogP) is 4.20. The van der Waals surface area contributed by atoms with Crippen molar-refractivity contribution in [1.82, 2.24) is 9.78 Å². The third kappa shape index (κ3) is 4.20. The van der Waals surface area contributed by atoms with E-state index in [4.69, 9.17) is 11.6 Å². The zero-order valence-electron chi connectivity index (χ0n) is 15.2. The summed E-state index contributed by atoms with van der Waals surface area (Å²) in [6.07, 6.45) is -3.61. The zero-order chi connectivity index (χ0) is 22.4. The Hall–Kier alpha value is -3.22. The van der Waals surface area contributed by atoms with Crippen molar-refractivity contribution in [3.05, 3.63) is 54.3 Å². The van der Waals surface area contributed by atoms with Crippen LogP contribution >= 0.6 is 11.6 Å². The molecular formula is C16H13ClF3N5O5. The fraction of sp³-hybridized carbons (Fsp3) is 0.375. The predicted molar refractivity (Wildman–Crippen MR) is 97.3 cm³/mol. The molecule has 3 rings (SSSR count). The van der Waals surface area contributed by atoms with Crippen molar-refractivity contribution in [2.45, 2.75) is 38.4 Å². The number of hydrogen-bond donors (Lipinski definition) is 1. The van der Waals surface area contributed by atoms with Gasteiger partial charge in [0.25, 0.3) is 11.4 Å². The highest BCUT2D eigenvalue weighted by molar-refractivity contribution is 6.32. The minimum Gasteiger partial charge on any atom is -0.324 e. The number of carbonyl (C=O) groups excluding carboxylic acids is 1. The molecule has 0 radical (unpaired) electrons. The van der Waals surface area contributed by atoms with Gasteiger partial charge in [-0.05, 0) is 19.8 Å². The summed E-state index contributed by atoms with van der Waals surface area (Å²) < 4.78 is 40.1. The standard InChI is InChI=1S/C16H13ClF3N5O5/c1-7-10(24(27)28)4-9(5-11(7)25(29)30)21-12(26)6-23-14(8-2-3-8)13(17)15(22-23)16(18,19)20/h4-5,8H,2-3,6H2,1H3,(H,21,26). The molecule has 0 bridgehead atoms. The maximum atomic E-state index is 13.1. The van der Waals surface area contributed by atoms with Gasteiger partial charge in [-0.2, -0.15) is 18.3 Å². The second kappa shape index (κ2) is 7.55. The van der Waals surface area contributed by atoms with Gasteiger partial charge in [-0.3, -0.25) is 29.7 Å². The largest absolute Gasteiger partial charge is 0.436 e. The Morgan fingerprint density at radius 3 is 2.23 bits per heavy atom. The molecule has 1 aliphatic carbocycles. The van der Waals surface area contributed by atoms with Gasteiger partial charge >= 0.3 is 6.18 Å². The lowest BCUT2D eigenvalue weighted by molar-refractivity contribution is -0.395. The number of nitro groups is 2. The molecule has 1 N–H and O–H groups in total. The number of nitrogens with zero attached hydrogens (tertiary/aromatic N) is 4. The SMILES string of the molecule is Cc1c([N+](=O)[O-])cc(NC(=O)Cn2nc(C(F)(F)F)c(Cl)c2C2CC2)cc1[N+](=O)[O-]. The Bertz CT molecular complexity index is 1030. The van der Waals surface area contributed by atoms with Crippen LogP contribution < -0.4 is 5.32 Å². The monoisotopic (exact) mass is 447 g/mol. The van der Waals surface area contributed by atoms with Crippen LogP contribution in [0.4, 0.5) is 30.2 Å². The van der Waals surface area contributed by atoms with E-state index in [2.05, 4.69) is 10.4 Å². The summed E-state index contributed by atoms with van der Waals surface area (Å²) in [6.45, 7) is 0.533. The number of benzene rings is 1. The zero-order valence-corrected chi connectivity index (χ0v) is 16.0. The van der Waals surface area contributed by atoms with E-state index in [1.54, 1.807) is 0 Å². The van der Waals surface area contributed by atoms with E-state index < -0.39 is 50.6 Å². The average molecular weight is 448 g/mol. The molecule has 1 fully saturated rings. The van der Waals surface area contributed by atoms with Crippen molar-refractivity contribution in [3.8, 4) is 0 Å². The first-order chi connectivity index (χ1) is 13.9. The molecule has 1 saturated carbocycles. The molecule has 1 heterocycles. The van der Waals surface area contributed by atoms with Gasteiger partial charge < -0.3 is 5.32 Å². The lowest BCUT2D eigenvalue weighted by atomic mass is 10.1. The second-order valence-corrected chi connectivity index (χ2v) is 7.06. The molecule has 1 amide bonds. The highest BCUT2D eigenvalue weighted by Gasteiger charge is 2.42. The number of halogens is 4. The maximum Gasteiger partial charge on any atom is 0.436 e. The van der Waals surface area contributed by atoms with Gasteiger partial charge in [0.15, 0.2) is 5.69 Å². The van der Waals surface area contributed by atoms with E-state index in [0.29, 0.717) is 12.8 Å². The summed E-state index contributed by atoms with van der Waals surface area (Å²) in [4.78, 5) is 32.9. The summed E-state index contributed by atoms with van der Waals surface area (Å²) in [7, 11) is 0. The van der Waals surface area contributed by atoms with E-state index >= 15 is 0 Å². The molecule has 160 valence electrons. The van der Waals surface area contributed by atoms with Gasteiger partial charge in [-0.25, -0.2) is 0 Å². The van der Waals surface area contributed by atoms with Crippen molar-refractivity contribution in [2.75, 3.05) is 5.32 Å². The molecule has 0 atom stereocenters. The minimum absolute atomic E-state index is 0.0833. The van der Waals surface area contributed by atoms with Crippen LogP contribution in [0.25, 0.3) is 0 Å². The molecular weight excluding hydrogens is 435 g/mol. The van der Waals surface area contributed by atoms with Crippen LogP contribution in [0, 0.1) is 27.2 Å². The topological polar surface area (TPSA) is 133 Å². The highest BCUT2D eigenvalue weighted by atomic mass is 35.5. The first kappa shape index (κ1) is 21.5.